The van der Waals surface area contributed by atoms with E-state index in [1.165, 1.54) is 11.8 Å². The zero-order chi connectivity index (χ0) is 8.81. The van der Waals surface area contributed by atoms with Gasteiger partial charge in [0, 0.05) is 6.20 Å². The fourth-order valence-electron chi connectivity index (χ4n) is 0.539. The third kappa shape index (κ3) is 3.02. The normalized spacial score (nSPS) is 10.4. The summed E-state index contributed by atoms with van der Waals surface area (Å²) in [5.74, 6) is 0. The van der Waals surface area contributed by atoms with E-state index in [1.807, 2.05) is 12.3 Å². The van der Waals surface area contributed by atoms with E-state index in [2.05, 4.69) is 20.7 Å². The summed E-state index contributed by atoms with van der Waals surface area (Å²) in [6.07, 6.45) is 5.17. The molecule has 0 amide bonds. The summed E-state index contributed by atoms with van der Waals surface area (Å²) in [4.78, 5) is 0. The Morgan fingerprint density at radius 2 is 2.75 bits per heavy atom. The van der Waals surface area contributed by atoms with Crippen LogP contribution in [-0.4, -0.2) is 27.0 Å². The highest BCUT2D eigenvalue weighted by Crippen LogP contribution is 1.92. The molecule has 0 radical (unpaired) electrons. The van der Waals surface area contributed by atoms with Crippen molar-refractivity contribution in [3.63, 3.8) is 0 Å². The van der Waals surface area contributed by atoms with Crippen LogP contribution in [0.3, 0.4) is 0 Å². The molecule has 0 aliphatic heterocycles. The number of aromatic nitrogens is 2. The highest BCUT2D eigenvalue weighted by atomic mass is 32.2. The number of nitrogens with one attached hydrogen (secondary N) is 2. The average molecular weight is 200 g/mol. The molecule has 0 saturated heterocycles. The molecule has 0 atom stereocenters. The Hall–Kier alpha value is -0.880. The van der Waals surface area contributed by atoms with Crippen LogP contribution in [0.15, 0.2) is 17.4 Å². The molecular formula is C6H8N4S2. The Labute approximate surface area is 79.8 Å². The van der Waals surface area contributed by atoms with Gasteiger partial charge in [-0.15, -0.1) is 0 Å². The fraction of sp³-hybridized carbons (Fsp3) is 0.167. The molecule has 0 spiro atoms. The molecule has 1 heterocycles. The number of H-pyrrole nitrogens is 1. The highest BCUT2D eigenvalue weighted by Gasteiger charge is 1.88. The van der Waals surface area contributed by atoms with Gasteiger partial charge in [0.15, 0.2) is 4.32 Å². The lowest BCUT2D eigenvalue weighted by molar-refractivity contribution is 1.05. The largest absolute Gasteiger partial charge is 0.277 e. The van der Waals surface area contributed by atoms with Crippen LogP contribution in [0, 0.1) is 0 Å². The van der Waals surface area contributed by atoms with Gasteiger partial charge in [-0.25, -0.2) is 0 Å². The summed E-state index contributed by atoms with van der Waals surface area (Å²) >= 11 is 6.31. The minimum absolute atomic E-state index is 0.644. The van der Waals surface area contributed by atoms with Crippen molar-refractivity contribution in [2.75, 3.05) is 6.26 Å². The van der Waals surface area contributed by atoms with Gasteiger partial charge in [-0.05, 0) is 12.3 Å². The molecule has 1 aromatic heterocycles. The number of hydrazone groups is 1. The van der Waals surface area contributed by atoms with Crippen molar-refractivity contribution in [2.45, 2.75) is 0 Å². The van der Waals surface area contributed by atoms with Gasteiger partial charge >= 0.3 is 0 Å². The Balaban J connectivity index is 2.37. The van der Waals surface area contributed by atoms with Gasteiger partial charge < -0.3 is 0 Å². The summed E-state index contributed by atoms with van der Waals surface area (Å²) in [6, 6.07) is 1.81. The second-order valence-corrected chi connectivity index (χ2v) is 3.36. The zero-order valence-corrected chi connectivity index (χ0v) is 8.08. The van der Waals surface area contributed by atoms with Gasteiger partial charge in [0.05, 0.1) is 11.9 Å². The van der Waals surface area contributed by atoms with Crippen LogP contribution < -0.4 is 5.43 Å². The average Bonchev–Trinajstić information content (AvgIpc) is 2.57. The van der Waals surface area contributed by atoms with Gasteiger partial charge in [-0.3, -0.25) is 10.5 Å². The molecule has 2 N–H and O–H groups in total. The molecule has 0 aliphatic rings. The van der Waals surface area contributed by atoms with Crippen LogP contribution in [0.4, 0.5) is 0 Å². The van der Waals surface area contributed by atoms with Crippen molar-refractivity contribution in [3.8, 4) is 0 Å². The van der Waals surface area contributed by atoms with Gasteiger partial charge in [0.25, 0.3) is 0 Å². The number of thiocarbonyl (C=S) groups is 1. The first-order valence-corrected chi connectivity index (χ1v) is 4.82. The number of nitrogens with zero attached hydrogens (tertiary/aromatic N) is 2. The van der Waals surface area contributed by atoms with Gasteiger partial charge in [0.1, 0.15) is 0 Å². The van der Waals surface area contributed by atoms with Crippen LogP contribution >= 0.6 is 24.0 Å². The predicted molar refractivity (Wildman–Crippen MR) is 55.4 cm³/mol. The van der Waals surface area contributed by atoms with Crippen molar-refractivity contribution in [1.29, 1.82) is 0 Å². The van der Waals surface area contributed by atoms with E-state index < -0.39 is 0 Å². The Kier molecular flexibility index (Phi) is 3.75. The standard InChI is InChI=1S/C6H8N4S2/c1-12-6(11)10-8-4-5-2-3-7-9-5/h2-4H,1H3,(H,7,9)(H,10,11)/b8-4+. The SMILES string of the molecule is CSC(=S)N/N=C/c1ccn[nH]1. The van der Waals surface area contributed by atoms with E-state index >= 15 is 0 Å². The molecule has 0 bridgehead atoms. The topological polar surface area (TPSA) is 53.1 Å². The van der Waals surface area contributed by atoms with Gasteiger partial charge in [-0.1, -0.05) is 24.0 Å². The summed E-state index contributed by atoms with van der Waals surface area (Å²) < 4.78 is 0.644. The van der Waals surface area contributed by atoms with Crippen molar-refractivity contribution < 1.29 is 0 Å². The number of rotatable bonds is 2. The summed E-state index contributed by atoms with van der Waals surface area (Å²) in [7, 11) is 0. The van der Waals surface area contributed by atoms with Crippen LogP contribution in [0.2, 0.25) is 0 Å². The van der Waals surface area contributed by atoms with Crippen molar-refractivity contribution >= 4 is 34.5 Å². The molecule has 0 aromatic carbocycles. The Bertz CT molecular complexity index is 267. The van der Waals surface area contributed by atoms with E-state index in [1.54, 1.807) is 12.4 Å². The summed E-state index contributed by atoms with van der Waals surface area (Å²) in [6.45, 7) is 0. The third-order valence-electron chi connectivity index (χ3n) is 1.07. The maximum Gasteiger partial charge on any atom is 0.153 e. The Morgan fingerprint density at radius 3 is 3.33 bits per heavy atom. The first kappa shape index (κ1) is 9.21. The predicted octanol–water partition coefficient (Wildman–Crippen LogP) is 0.981. The molecule has 6 heteroatoms. The number of aromatic amines is 1. The minimum Gasteiger partial charge on any atom is -0.277 e. The molecule has 0 aliphatic carbocycles. The van der Waals surface area contributed by atoms with E-state index in [4.69, 9.17) is 12.2 Å². The molecule has 0 saturated carbocycles. The number of hydrogen-bond donors (Lipinski definition) is 2. The maximum absolute atomic E-state index is 4.86. The lowest BCUT2D eigenvalue weighted by atomic mass is 10.5. The molecule has 4 nitrogen and oxygen atoms in total. The maximum atomic E-state index is 4.86. The van der Waals surface area contributed by atoms with Gasteiger partial charge in [-0.2, -0.15) is 10.2 Å². The van der Waals surface area contributed by atoms with Crippen LogP contribution in [0.5, 0.6) is 0 Å². The lowest BCUT2D eigenvalue weighted by Crippen LogP contribution is -2.10. The first-order valence-electron chi connectivity index (χ1n) is 3.19. The van der Waals surface area contributed by atoms with Crippen LogP contribution in [0.1, 0.15) is 5.69 Å². The second-order valence-electron chi connectivity index (χ2n) is 1.87. The first-order chi connectivity index (χ1) is 5.83. The molecule has 1 aromatic rings. The third-order valence-corrected chi connectivity index (χ3v) is 2.12. The second kappa shape index (κ2) is 4.89. The van der Waals surface area contributed by atoms with Crippen LogP contribution in [0.25, 0.3) is 0 Å². The van der Waals surface area contributed by atoms with Crippen molar-refractivity contribution in [2.24, 2.45) is 5.10 Å². The molecule has 0 fully saturated rings. The summed E-state index contributed by atoms with van der Waals surface area (Å²) in [5, 5.41) is 10.4. The molecule has 12 heavy (non-hydrogen) atoms. The van der Waals surface area contributed by atoms with E-state index in [0.717, 1.165) is 5.69 Å². The Morgan fingerprint density at radius 1 is 1.92 bits per heavy atom. The molecular weight excluding hydrogens is 192 g/mol. The van der Waals surface area contributed by atoms with E-state index in [9.17, 15) is 0 Å². The van der Waals surface area contributed by atoms with E-state index in [-0.39, 0.29) is 0 Å². The van der Waals surface area contributed by atoms with E-state index in [0.29, 0.717) is 4.32 Å². The van der Waals surface area contributed by atoms with Crippen molar-refractivity contribution in [1.82, 2.24) is 15.6 Å². The lowest BCUT2D eigenvalue weighted by Gasteiger charge is -1.94. The molecule has 0 unspecified atom stereocenters. The number of thioether (sulfide) groups is 1. The minimum atomic E-state index is 0.644. The smallest absolute Gasteiger partial charge is 0.153 e. The highest BCUT2D eigenvalue weighted by molar-refractivity contribution is 8.22. The quantitative estimate of drug-likeness (QED) is 0.424. The molecule has 64 valence electrons. The molecule has 1 rings (SSSR count). The van der Waals surface area contributed by atoms with Gasteiger partial charge in [0.2, 0.25) is 0 Å². The zero-order valence-electron chi connectivity index (χ0n) is 6.44. The fourth-order valence-corrected chi connectivity index (χ4v) is 0.735. The van der Waals surface area contributed by atoms with Crippen molar-refractivity contribution in [3.05, 3.63) is 18.0 Å². The number of hydrogen-bond acceptors (Lipinski definition) is 4. The van der Waals surface area contributed by atoms with Crippen LogP contribution in [-0.2, 0) is 0 Å². The monoisotopic (exact) mass is 200 g/mol. The summed E-state index contributed by atoms with van der Waals surface area (Å²) in [5.41, 5.74) is 3.53.